The number of ether oxygens (including phenoxy) is 1. The van der Waals surface area contributed by atoms with Crippen LogP contribution in [-0.2, 0) is 4.74 Å². The van der Waals surface area contributed by atoms with Crippen LogP contribution in [0.25, 0.3) is 5.69 Å². The lowest BCUT2D eigenvalue weighted by Crippen LogP contribution is -2.19. The summed E-state index contributed by atoms with van der Waals surface area (Å²) in [5.41, 5.74) is 5.61. The standard InChI is InChI=1S/C23H19FN4O3/c1-14-10-17(13-26-27-22(29)18-9-8-16(12-25)11-20(18)24)15(2)28(14)21-7-5-4-6-19(21)23(30)31-3/h4-11,13H,1-3H3,(H,27,29). The zero-order valence-corrected chi connectivity index (χ0v) is 17.1. The molecular weight excluding hydrogens is 399 g/mol. The molecule has 0 unspecified atom stereocenters. The fourth-order valence-electron chi connectivity index (χ4n) is 3.23. The van der Waals surface area contributed by atoms with E-state index in [1.807, 2.05) is 42.7 Å². The van der Waals surface area contributed by atoms with Gasteiger partial charge in [0.2, 0.25) is 0 Å². The van der Waals surface area contributed by atoms with Gasteiger partial charge in [0.1, 0.15) is 5.82 Å². The van der Waals surface area contributed by atoms with Crippen molar-refractivity contribution in [1.82, 2.24) is 9.99 Å². The Morgan fingerprint density at radius 2 is 1.90 bits per heavy atom. The number of amides is 1. The number of esters is 1. The van der Waals surface area contributed by atoms with E-state index in [0.29, 0.717) is 16.8 Å². The lowest BCUT2D eigenvalue weighted by molar-refractivity contribution is 0.0600. The number of methoxy groups -OCH3 is 1. The maximum atomic E-state index is 14.0. The van der Waals surface area contributed by atoms with Crippen molar-refractivity contribution in [2.24, 2.45) is 5.10 Å². The van der Waals surface area contributed by atoms with E-state index in [0.717, 1.165) is 17.5 Å². The molecule has 0 aliphatic rings. The number of para-hydroxylation sites is 1. The summed E-state index contributed by atoms with van der Waals surface area (Å²) in [5, 5.41) is 12.7. The SMILES string of the molecule is COC(=O)c1ccccc1-n1c(C)cc(C=NNC(=O)c2ccc(C#N)cc2F)c1C. The molecule has 1 heterocycles. The van der Waals surface area contributed by atoms with Gasteiger partial charge in [-0.3, -0.25) is 4.79 Å². The molecule has 1 amide bonds. The topological polar surface area (TPSA) is 96.5 Å². The number of halogens is 1. The fourth-order valence-corrected chi connectivity index (χ4v) is 3.23. The van der Waals surface area contributed by atoms with Gasteiger partial charge in [-0.15, -0.1) is 0 Å². The minimum atomic E-state index is -0.802. The average Bonchev–Trinajstić information content (AvgIpc) is 3.05. The molecule has 0 radical (unpaired) electrons. The van der Waals surface area contributed by atoms with E-state index in [4.69, 9.17) is 10.00 Å². The summed E-state index contributed by atoms with van der Waals surface area (Å²) >= 11 is 0. The molecule has 3 rings (SSSR count). The van der Waals surface area contributed by atoms with Gasteiger partial charge in [-0.05, 0) is 50.2 Å². The second kappa shape index (κ2) is 9.05. The molecule has 0 saturated carbocycles. The highest BCUT2D eigenvalue weighted by Crippen LogP contribution is 2.23. The Balaban J connectivity index is 1.85. The molecule has 7 nitrogen and oxygen atoms in total. The zero-order chi connectivity index (χ0) is 22.5. The summed E-state index contributed by atoms with van der Waals surface area (Å²) in [5.74, 6) is -1.98. The Morgan fingerprint density at radius 3 is 2.58 bits per heavy atom. The lowest BCUT2D eigenvalue weighted by atomic mass is 10.1. The highest BCUT2D eigenvalue weighted by molar-refractivity contribution is 5.96. The minimum absolute atomic E-state index is 0.122. The molecule has 31 heavy (non-hydrogen) atoms. The van der Waals surface area contributed by atoms with Crippen LogP contribution in [0.3, 0.4) is 0 Å². The van der Waals surface area contributed by atoms with Gasteiger partial charge in [-0.25, -0.2) is 14.6 Å². The number of benzene rings is 2. The number of carbonyl (C=O) groups excluding carboxylic acids is 2. The normalized spacial score (nSPS) is 10.7. The number of nitrogens with zero attached hydrogens (tertiary/aromatic N) is 3. The van der Waals surface area contributed by atoms with Crippen LogP contribution in [0.4, 0.5) is 4.39 Å². The Morgan fingerprint density at radius 1 is 1.16 bits per heavy atom. The van der Waals surface area contributed by atoms with Crippen molar-refractivity contribution in [2.45, 2.75) is 13.8 Å². The van der Waals surface area contributed by atoms with E-state index in [1.54, 1.807) is 12.1 Å². The van der Waals surface area contributed by atoms with Gasteiger partial charge in [-0.2, -0.15) is 10.4 Å². The van der Waals surface area contributed by atoms with E-state index in [1.165, 1.54) is 25.5 Å². The van der Waals surface area contributed by atoms with E-state index < -0.39 is 17.7 Å². The molecule has 156 valence electrons. The van der Waals surface area contributed by atoms with Crippen molar-refractivity contribution in [3.05, 3.63) is 88.0 Å². The van der Waals surface area contributed by atoms with Crippen LogP contribution in [0.5, 0.6) is 0 Å². The van der Waals surface area contributed by atoms with Crippen molar-refractivity contribution >= 4 is 18.1 Å². The lowest BCUT2D eigenvalue weighted by Gasteiger charge is -2.13. The molecule has 0 aliphatic carbocycles. The van der Waals surface area contributed by atoms with Gasteiger partial charge in [-0.1, -0.05) is 12.1 Å². The highest BCUT2D eigenvalue weighted by Gasteiger charge is 2.17. The van der Waals surface area contributed by atoms with Crippen LogP contribution in [0.1, 0.15) is 43.2 Å². The number of hydrogen-bond acceptors (Lipinski definition) is 5. The first-order valence-electron chi connectivity index (χ1n) is 9.27. The summed E-state index contributed by atoms with van der Waals surface area (Å²) in [6.07, 6.45) is 1.44. The molecule has 0 bridgehead atoms. The number of rotatable bonds is 5. The van der Waals surface area contributed by atoms with Crippen molar-refractivity contribution in [3.63, 3.8) is 0 Å². The predicted octanol–water partition coefficient (Wildman–Crippen LogP) is 3.66. The monoisotopic (exact) mass is 418 g/mol. The number of hydrogen-bond donors (Lipinski definition) is 1. The number of hydrazone groups is 1. The molecular formula is C23H19FN4O3. The van der Waals surface area contributed by atoms with E-state index >= 15 is 0 Å². The summed E-state index contributed by atoms with van der Waals surface area (Å²) in [7, 11) is 1.33. The summed E-state index contributed by atoms with van der Waals surface area (Å²) in [4.78, 5) is 24.3. The summed E-state index contributed by atoms with van der Waals surface area (Å²) in [6, 6.07) is 14.3. The maximum Gasteiger partial charge on any atom is 0.339 e. The quantitative estimate of drug-likeness (QED) is 0.389. The third-order valence-corrected chi connectivity index (χ3v) is 4.73. The molecule has 3 aromatic rings. The Bertz CT molecular complexity index is 1240. The van der Waals surface area contributed by atoms with Crippen LogP contribution in [0.15, 0.2) is 53.6 Å². The Kier molecular flexibility index (Phi) is 6.26. The van der Waals surface area contributed by atoms with Gasteiger partial charge in [0.05, 0.1) is 41.8 Å². The third-order valence-electron chi connectivity index (χ3n) is 4.73. The molecule has 8 heteroatoms. The Labute approximate surface area is 178 Å². The third kappa shape index (κ3) is 4.36. The first kappa shape index (κ1) is 21.5. The number of nitrogens with one attached hydrogen (secondary N) is 1. The smallest absolute Gasteiger partial charge is 0.339 e. The molecule has 0 atom stereocenters. The summed E-state index contributed by atoms with van der Waals surface area (Å²) in [6.45, 7) is 3.73. The first-order chi connectivity index (χ1) is 14.9. The molecule has 2 aromatic carbocycles. The molecule has 1 aromatic heterocycles. The van der Waals surface area contributed by atoms with Crippen molar-refractivity contribution in [3.8, 4) is 11.8 Å². The number of aromatic nitrogens is 1. The molecule has 0 aliphatic heterocycles. The summed E-state index contributed by atoms with van der Waals surface area (Å²) < 4.78 is 20.7. The van der Waals surface area contributed by atoms with Crippen LogP contribution in [0, 0.1) is 31.0 Å². The number of aryl methyl sites for hydroxylation is 1. The van der Waals surface area contributed by atoms with Crippen LogP contribution in [-0.4, -0.2) is 29.8 Å². The molecule has 0 saturated heterocycles. The van der Waals surface area contributed by atoms with E-state index in [9.17, 15) is 14.0 Å². The Hall–Kier alpha value is -4.25. The van der Waals surface area contributed by atoms with E-state index in [2.05, 4.69) is 10.5 Å². The second-order valence-electron chi connectivity index (χ2n) is 6.68. The first-order valence-corrected chi connectivity index (χ1v) is 9.27. The van der Waals surface area contributed by atoms with E-state index in [-0.39, 0.29) is 11.1 Å². The van der Waals surface area contributed by atoms with Crippen LogP contribution in [0.2, 0.25) is 0 Å². The molecule has 0 spiro atoms. The van der Waals surface area contributed by atoms with Gasteiger partial charge in [0.15, 0.2) is 0 Å². The predicted molar refractivity (Wildman–Crippen MR) is 113 cm³/mol. The van der Waals surface area contributed by atoms with Gasteiger partial charge < -0.3 is 9.30 Å². The molecule has 0 fully saturated rings. The van der Waals surface area contributed by atoms with Gasteiger partial charge >= 0.3 is 5.97 Å². The van der Waals surface area contributed by atoms with Crippen LogP contribution < -0.4 is 5.43 Å². The number of carbonyl (C=O) groups is 2. The highest BCUT2D eigenvalue weighted by atomic mass is 19.1. The number of nitriles is 1. The zero-order valence-electron chi connectivity index (χ0n) is 17.1. The maximum absolute atomic E-state index is 14.0. The average molecular weight is 418 g/mol. The molecule has 1 N–H and O–H groups in total. The largest absolute Gasteiger partial charge is 0.465 e. The van der Waals surface area contributed by atoms with Gasteiger partial charge in [0, 0.05) is 17.0 Å². The van der Waals surface area contributed by atoms with Crippen molar-refractivity contribution in [1.29, 1.82) is 5.26 Å². The minimum Gasteiger partial charge on any atom is -0.465 e. The van der Waals surface area contributed by atoms with Crippen molar-refractivity contribution in [2.75, 3.05) is 7.11 Å². The van der Waals surface area contributed by atoms with Crippen molar-refractivity contribution < 1.29 is 18.7 Å². The van der Waals surface area contributed by atoms with Crippen LogP contribution >= 0.6 is 0 Å². The fraction of sp³-hybridized carbons (Fsp3) is 0.130. The second-order valence-corrected chi connectivity index (χ2v) is 6.68. The van der Waals surface area contributed by atoms with Gasteiger partial charge in [0.25, 0.3) is 5.91 Å².